The van der Waals surface area contributed by atoms with E-state index in [1.165, 1.54) is 0 Å². The molecule has 3 nitrogen and oxygen atoms in total. The lowest BCUT2D eigenvalue weighted by molar-refractivity contribution is 0.483. The van der Waals surface area contributed by atoms with E-state index in [0.29, 0.717) is 0 Å². The molecular weight excluding hydrogens is 597 g/mol. The summed E-state index contributed by atoms with van der Waals surface area (Å²) in [5.41, 5.74) is 12.7. The van der Waals surface area contributed by atoms with Gasteiger partial charge in [0, 0.05) is 23.5 Å². The lowest BCUT2D eigenvalue weighted by atomic mass is 9.95. The van der Waals surface area contributed by atoms with Gasteiger partial charge in [-0.15, -0.1) is 0 Å². The van der Waals surface area contributed by atoms with Crippen molar-refractivity contribution in [2.75, 3.05) is 0 Å². The van der Waals surface area contributed by atoms with Crippen LogP contribution >= 0.6 is 0 Å². The summed E-state index contributed by atoms with van der Waals surface area (Å²) in [7, 11) is 0. The van der Waals surface area contributed by atoms with Gasteiger partial charge in [-0.2, -0.15) is 0 Å². The number of hydrogen-bond donors (Lipinski definition) is 0. The summed E-state index contributed by atoms with van der Waals surface area (Å²) in [4.78, 5) is 9.68. The van der Waals surface area contributed by atoms with E-state index in [0.717, 1.165) is 78.5 Å². The van der Waals surface area contributed by atoms with Gasteiger partial charge in [-0.05, 0) is 105 Å². The molecule has 0 N–H and O–H groups in total. The van der Waals surface area contributed by atoms with Crippen LogP contribution in [0.5, 0.6) is 11.5 Å². The van der Waals surface area contributed by atoms with Crippen molar-refractivity contribution in [1.29, 1.82) is 0 Å². The highest BCUT2D eigenvalue weighted by Gasteiger charge is 2.15. The van der Waals surface area contributed by atoms with Crippen molar-refractivity contribution in [2.24, 2.45) is 0 Å². The molecule has 8 rings (SSSR count). The maximum Gasteiger partial charge on any atom is 0.128 e. The van der Waals surface area contributed by atoms with Gasteiger partial charge in [0.25, 0.3) is 0 Å². The standard InChI is InChI=1S/C46H32N2O/c1-5-13-33(14-6-1)37-25-27-47-45(29-37)43-31-39(21-23-41(43)35-17-9-3-10-18-35)49-40-22-24-42(36-19-11-4-12-20-36)44(32-40)46-30-38(26-28-48-46)34-15-7-2-8-16-34/h1-32H. The third kappa shape index (κ3) is 6.51. The van der Waals surface area contributed by atoms with Gasteiger partial charge < -0.3 is 4.74 Å². The van der Waals surface area contributed by atoms with Crippen molar-refractivity contribution in [3.63, 3.8) is 0 Å². The third-order valence-corrected chi connectivity index (χ3v) is 8.67. The average Bonchev–Trinajstić information content (AvgIpc) is 3.19. The minimum atomic E-state index is 0.728. The van der Waals surface area contributed by atoms with Crippen molar-refractivity contribution in [3.05, 3.63) is 194 Å². The Hall–Kier alpha value is -6.58. The van der Waals surface area contributed by atoms with E-state index in [2.05, 4.69) is 146 Å². The molecule has 8 aromatic rings. The zero-order chi connectivity index (χ0) is 32.8. The van der Waals surface area contributed by atoms with Gasteiger partial charge in [0.05, 0.1) is 11.4 Å². The first-order valence-corrected chi connectivity index (χ1v) is 16.4. The van der Waals surface area contributed by atoms with E-state index in [-0.39, 0.29) is 0 Å². The Balaban J connectivity index is 1.21. The van der Waals surface area contributed by atoms with Crippen molar-refractivity contribution in [3.8, 4) is 78.5 Å². The summed E-state index contributed by atoms with van der Waals surface area (Å²) in [6.07, 6.45) is 3.76. The second-order valence-electron chi connectivity index (χ2n) is 11.8. The van der Waals surface area contributed by atoms with Gasteiger partial charge >= 0.3 is 0 Å². The molecule has 0 radical (unpaired) electrons. The topological polar surface area (TPSA) is 35.0 Å². The molecular formula is C46H32N2O. The lowest BCUT2D eigenvalue weighted by Crippen LogP contribution is -1.93. The fraction of sp³-hybridized carbons (Fsp3) is 0. The van der Waals surface area contributed by atoms with Crippen molar-refractivity contribution < 1.29 is 4.74 Å². The van der Waals surface area contributed by atoms with Gasteiger partial charge in [-0.3, -0.25) is 9.97 Å². The van der Waals surface area contributed by atoms with E-state index < -0.39 is 0 Å². The van der Waals surface area contributed by atoms with Crippen LogP contribution in [0.4, 0.5) is 0 Å². The molecule has 0 unspecified atom stereocenters. The Morgan fingerprint density at radius 3 is 1.04 bits per heavy atom. The highest BCUT2D eigenvalue weighted by atomic mass is 16.5. The predicted octanol–water partition coefficient (Wildman–Crippen LogP) is 12.3. The fourth-order valence-corrected chi connectivity index (χ4v) is 6.25. The number of hydrogen-bond acceptors (Lipinski definition) is 3. The first-order valence-electron chi connectivity index (χ1n) is 16.4. The maximum atomic E-state index is 6.66. The molecule has 3 heteroatoms. The maximum absolute atomic E-state index is 6.66. The number of ether oxygens (including phenoxy) is 1. The van der Waals surface area contributed by atoms with Crippen LogP contribution in [-0.2, 0) is 0 Å². The molecule has 6 aromatic carbocycles. The molecule has 0 fully saturated rings. The monoisotopic (exact) mass is 628 g/mol. The molecule has 2 aromatic heterocycles. The molecule has 49 heavy (non-hydrogen) atoms. The highest BCUT2D eigenvalue weighted by Crippen LogP contribution is 2.40. The second-order valence-corrected chi connectivity index (χ2v) is 11.8. The number of pyridine rings is 2. The van der Waals surface area contributed by atoms with Crippen LogP contribution in [0, 0.1) is 0 Å². The lowest BCUT2D eigenvalue weighted by Gasteiger charge is -2.16. The summed E-state index contributed by atoms with van der Waals surface area (Å²) in [5.74, 6) is 1.46. The van der Waals surface area contributed by atoms with Gasteiger partial charge in [-0.25, -0.2) is 0 Å². The molecule has 0 atom stereocenters. The minimum Gasteiger partial charge on any atom is -0.457 e. The highest BCUT2D eigenvalue weighted by molar-refractivity contribution is 5.86. The SMILES string of the molecule is c1ccc(-c2ccnc(-c3cc(Oc4ccc(-c5ccccc5)c(-c5cc(-c6ccccc6)ccn5)c4)ccc3-c3ccccc3)c2)cc1. The number of benzene rings is 6. The number of aromatic nitrogens is 2. The molecule has 0 aliphatic rings. The van der Waals surface area contributed by atoms with Crippen LogP contribution in [0.15, 0.2) is 194 Å². The largest absolute Gasteiger partial charge is 0.457 e. The Kier molecular flexibility index (Phi) is 8.30. The van der Waals surface area contributed by atoms with Crippen LogP contribution in [0.3, 0.4) is 0 Å². The van der Waals surface area contributed by atoms with Crippen LogP contribution in [0.25, 0.3) is 67.0 Å². The Morgan fingerprint density at radius 1 is 0.286 bits per heavy atom. The van der Waals surface area contributed by atoms with Crippen molar-refractivity contribution in [1.82, 2.24) is 9.97 Å². The normalized spacial score (nSPS) is 10.9. The summed E-state index contributed by atoms with van der Waals surface area (Å²) in [6.45, 7) is 0. The van der Waals surface area contributed by atoms with E-state index in [1.807, 2.05) is 48.8 Å². The average molecular weight is 629 g/mol. The van der Waals surface area contributed by atoms with Crippen molar-refractivity contribution >= 4 is 0 Å². The predicted molar refractivity (Wildman–Crippen MR) is 201 cm³/mol. The molecule has 2 heterocycles. The Bertz CT molecular complexity index is 2170. The first-order chi connectivity index (χ1) is 24.3. The third-order valence-electron chi connectivity index (χ3n) is 8.67. The van der Waals surface area contributed by atoms with Crippen molar-refractivity contribution in [2.45, 2.75) is 0 Å². The molecule has 0 amide bonds. The zero-order valence-corrected chi connectivity index (χ0v) is 26.8. The molecule has 0 saturated carbocycles. The van der Waals surface area contributed by atoms with Gasteiger partial charge in [-0.1, -0.05) is 121 Å². The summed E-state index contributed by atoms with van der Waals surface area (Å²) in [5, 5.41) is 0. The van der Waals surface area contributed by atoms with E-state index in [4.69, 9.17) is 14.7 Å². The van der Waals surface area contributed by atoms with E-state index >= 15 is 0 Å². The van der Waals surface area contributed by atoms with Crippen LogP contribution in [-0.4, -0.2) is 9.97 Å². The fourth-order valence-electron chi connectivity index (χ4n) is 6.25. The first kappa shape index (κ1) is 29.8. The Morgan fingerprint density at radius 2 is 0.653 bits per heavy atom. The summed E-state index contributed by atoms with van der Waals surface area (Å²) < 4.78 is 6.66. The zero-order valence-electron chi connectivity index (χ0n) is 26.8. The molecule has 0 aliphatic heterocycles. The molecule has 0 aliphatic carbocycles. The smallest absolute Gasteiger partial charge is 0.128 e. The number of nitrogens with zero attached hydrogens (tertiary/aromatic N) is 2. The van der Waals surface area contributed by atoms with Gasteiger partial charge in [0.15, 0.2) is 0 Å². The van der Waals surface area contributed by atoms with Crippen LogP contribution < -0.4 is 4.74 Å². The summed E-state index contributed by atoms with van der Waals surface area (Å²) >= 11 is 0. The van der Waals surface area contributed by atoms with Crippen LogP contribution in [0.1, 0.15) is 0 Å². The van der Waals surface area contributed by atoms with Gasteiger partial charge in [0.2, 0.25) is 0 Å². The quantitative estimate of drug-likeness (QED) is 0.168. The second kappa shape index (κ2) is 13.6. The van der Waals surface area contributed by atoms with E-state index in [1.54, 1.807) is 0 Å². The molecule has 232 valence electrons. The molecule has 0 saturated heterocycles. The van der Waals surface area contributed by atoms with Gasteiger partial charge in [0.1, 0.15) is 11.5 Å². The number of rotatable bonds is 8. The molecule has 0 spiro atoms. The Labute approximate surface area is 286 Å². The van der Waals surface area contributed by atoms with Crippen LogP contribution in [0.2, 0.25) is 0 Å². The molecule has 0 bridgehead atoms. The summed E-state index contributed by atoms with van der Waals surface area (Å²) in [6, 6.07) is 62.6. The van der Waals surface area contributed by atoms with E-state index in [9.17, 15) is 0 Å². The minimum absolute atomic E-state index is 0.728.